The van der Waals surface area contributed by atoms with Gasteiger partial charge in [-0.25, -0.2) is 23.5 Å². The average Bonchev–Trinajstić information content (AvgIpc) is 3.26. The van der Waals surface area contributed by atoms with Gasteiger partial charge in [0.15, 0.2) is 0 Å². The molecule has 5 nitrogen and oxygen atoms in total. The normalized spacial score (nSPS) is 41.3. The Morgan fingerprint density at radius 1 is 0.939 bits per heavy atom. The molecule has 2 saturated carbocycles. The summed E-state index contributed by atoms with van der Waals surface area (Å²) in [6.45, 7) is 11.5. The predicted octanol–water partition coefficient (Wildman–Crippen LogP) is 4.97. The van der Waals surface area contributed by atoms with E-state index < -0.39 is 0 Å². The van der Waals surface area contributed by atoms with Crippen LogP contribution in [0.2, 0.25) is 0 Å². The van der Waals surface area contributed by atoms with Gasteiger partial charge in [-0.1, -0.05) is 75.8 Å². The van der Waals surface area contributed by atoms with Crippen molar-refractivity contribution < 1.29 is 0 Å². The van der Waals surface area contributed by atoms with E-state index >= 15 is 0 Å². The van der Waals surface area contributed by atoms with E-state index in [1.807, 2.05) is 15.4 Å². The van der Waals surface area contributed by atoms with Crippen LogP contribution in [0, 0.1) is 28.1 Å². The molecule has 1 aromatic heterocycles. The zero-order chi connectivity index (χ0) is 23.1. The highest BCUT2D eigenvalue weighted by Gasteiger charge is 2.65. The third-order valence-electron chi connectivity index (χ3n) is 11.2. The number of nitrogens with zero attached hydrogens (tertiary/aromatic N) is 3. The minimum absolute atomic E-state index is 0.00985. The Morgan fingerprint density at radius 3 is 2.27 bits per heavy atom. The smallest absolute Gasteiger partial charge is 0.246 e. The first kappa shape index (κ1) is 19.9. The number of fused-ring (bicyclic) bond motifs is 2. The topological polar surface area (TPSA) is 48.9 Å². The average molecular weight is 444 g/mol. The molecule has 6 aliphatic rings. The summed E-state index contributed by atoms with van der Waals surface area (Å²) in [5.74, 6) is 0.834. The molecule has 0 unspecified atom stereocenters. The minimum Gasteiger partial charge on any atom is -0.246 e. The third-order valence-corrected chi connectivity index (χ3v) is 11.2. The Morgan fingerprint density at radius 2 is 1.64 bits per heavy atom. The first-order chi connectivity index (χ1) is 15.6. The van der Waals surface area contributed by atoms with E-state index in [-0.39, 0.29) is 51.7 Å². The lowest BCUT2D eigenvalue weighted by Gasteiger charge is -2.61. The molecule has 2 aliphatic heterocycles. The quantitative estimate of drug-likeness (QED) is 0.615. The molecule has 0 spiro atoms. The largest absolute Gasteiger partial charge is 0.348 e. The fourth-order valence-electron chi connectivity index (χ4n) is 9.11. The molecule has 172 valence electrons. The molecule has 33 heavy (non-hydrogen) atoms. The zero-order valence-electron chi connectivity index (χ0n) is 20.2. The van der Waals surface area contributed by atoms with Gasteiger partial charge in [-0.3, -0.25) is 0 Å². The van der Waals surface area contributed by atoms with Crippen LogP contribution in [0.3, 0.4) is 0 Å². The predicted molar refractivity (Wildman–Crippen MR) is 129 cm³/mol. The van der Waals surface area contributed by atoms with Gasteiger partial charge in [-0.2, -0.15) is 0 Å². The standard InChI is InChI=1S/C28H33N3O2/c1-16-22(17-9-7-6-8-10-17)28(5)20-12-11-19(23(16)28)30-24(32)29(25(33)31(20)30)21-15-18-13-14-27(21,4)26(18,2)3/h6-12,18-21,23H,13-15H2,1-5H3/t18-,19-,20-,21-,23+,27-,28-/m1/s1. The van der Waals surface area contributed by atoms with Gasteiger partial charge in [-0.15, -0.1) is 0 Å². The van der Waals surface area contributed by atoms with Crippen molar-refractivity contribution >= 4 is 5.57 Å². The lowest BCUT2D eigenvalue weighted by molar-refractivity contribution is 0.0566. The minimum atomic E-state index is -0.175. The summed E-state index contributed by atoms with van der Waals surface area (Å²) >= 11 is 0. The van der Waals surface area contributed by atoms with Gasteiger partial charge in [0.05, 0.1) is 12.1 Å². The van der Waals surface area contributed by atoms with E-state index in [9.17, 15) is 9.59 Å². The first-order valence-electron chi connectivity index (χ1n) is 12.5. The third kappa shape index (κ3) is 1.92. The molecule has 8 rings (SSSR count). The van der Waals surface area contributed by atoms with Gasteiger partial charge in [0, 0.05) is 17.4 Å². The van der Waals surface area contributed by atoms with Crippen LogP contribution >= 0.6 is 0 Å². The molecule has 2 aromatic rings. The molecule has 0 radical (unpaired) electrons. The monoisotopic (exact) mass is 443 g/mol. The second-order valence-corrected chi connectivity index (χ2v) is 12.3. The van der Waals surface area contributed by atoms with Gasteiger partial charge >= 0.3 is 11.4 Å². The summed E-state index contributed by atoms with van der Waals surface area (Å²) in [6.07, 6.45) is 7.61. The molecule has 5 heteroatoms. The zero-order valence-corrected chi connectivity index (χ0v) is 20.2. The van der Waals surface area contributed by atoms with Crippen molar-refractivity contribution in [2.75, 3.05) is 0 Å². The highest BCUT2D eigenvalue weighted by Crippen LogP contribution is 2.70. The molecule has 4 aliphatic carbocycles. The Bertz CT molecular complexity index is 1390. The van der Waals surface area contributed by atoms with Crippen molar-refractivity contribution in [1.82, 2.24) is 13.9 Å². The highest BCUT2D eigenvalue weighted by molar-refractivity contribution is 5.81. The summed E-state index contributed by atoms with van der Waals surface area (Å²) in [5, 5.41) is 0. The van der Waals surface area contributed by atoms with Crippen LogP contribution in [0.1, 0.15) is 77.6 Å². The number of benzene rings is 1. The van der Waals surface area contributed by atoms with Crippen molar-refractivity contribution in [2.45, 2.75) is 72.0 Å². The number of hydrogen-bond donors (Lipinski definition) is 0. The fourth-order valence-corrected chi connectivity index (χ4v) is 9.11. The summed E-state index contributed by atoms with van der Waals surface area (Å²) in [7, 11) is 0. The van der Waals surface area contributed by atoms with Crippen LogP contribution in [0.5, 0.6) is 0 Å². The van der Waals surface area contributed by atoms with Crippen molar-refractivity contribution in [3.05, 3.63) is 74.6 Å². The maximum Gasteiger partial charge on any atom is 0.348 e. The molecular formula is C28H33N3O2. The van der Waals surface area contributed by atoms with Gasteiger partial charge in [-0.05, 0) is 54.1 Å². The number of aromatic nitrogens is 3. The molecule has 0 amide bonds. The van der Waals surface area contributed by atoms with E-state index in [2.05, 4.69) is 71.0 Å². The van der Waals surface area contributed by atoms with Crippen molar-refractivity contribution in [3.8, 4) is 0 Å². The lowest BCUT2D eigenvalue weighted by atomic mass is 9.48. The van der Waals surface area contributed by atoms with Gasteiger partial charge in [0.2, 0.25) is 0 Å². The van der Waals surface area contributed by atoms with E-state index in [1.165, 1.54) is 23.1 Å². The van der Waals surface area contributed by atoms with E-state index in [0.29, 0.717) is 5.92 Å². The second kappa shape index (κ2) is 5.73. The molecule has 2 fully saturated rings. The Kier molecular flexibility index (Phi) is 3.45. The molecule has 0 saturated heterocycles. The van der Waals surface area contributed by atoms with Crippen LogP contribution in [0.4, 0.5) is 0 Å². The second-order valence-electron chi connectivity index (χ2n) is 12.3. The Balaban J connectivity index is 1.41. The summed E-state index contributed by atoms with van der Waals surface area (Å²) < 4.78 is 5.30. The van der Waals surface area contributed by atoms with Gasteiger partial charge < -0.3 is 0 Å². The molecule has 1 aromatic carbocycles. The van der Waals surface area contributed by atoms with Crippen molar-refractivity contribution in [3.63, 3.8) is 0 Å². The van der Waals surface area contributed by atoms with Crippen molar-refractivity contribution in [1.29, 1.82) is 0 Å². The van der Waals surface area contributed by atoms with Crippen LogP contribution < -0.4 is 11.4 Å². The molecular weight excluding hydrogens is 410 g/mol. The van der Waals surface area contributed by atoms with E-state index in [4.69, 9.17) is 0 Å². The maximum absolute atomic E-state index is 14.0. The molecule has 7 atom stereocenters. The van der Waals surface area contributed by atoms with Crippen LogP contribution in [-0.4, -0.2) is 13.9 Å². The molecule has 0 N–H and O–H groups in total. The van der Waals surface area contributed by atoms with E-state index in [0.717, 1.165) is 12.8 Å². The Hall–Kier alpha value is -2.56. The number of allylic oxidation sites excluding steroid dienone is 4. The van der Waals surface area contributed by atoms with Gasteiger partial charge in [0.1, 0.15) is 0 Å². The van der Waals surface area contributed by atoms with Crippen LogP contribution in [0.25, 0.3) is 5.57 Å². The summed E-state index contributed by atoms with van der Waals surface area (Å²) in [5.41, 5.74) is 3.69. The highest BCUT2D eigenvalue weighted by atomic mass is 16.2. The SMILES string of the molecule is CC1=C(c2ccccc2)[C@]2(C)[C@@H]1[C@H]1C=C[C@H]2n2c(=O)n([C@@H]3C[C@H]4CC[C@@]3(C)C4(C)C)c(=O)n21. The Labute approximate surface area is 194 Å². The number of rotatable bonds is 2. The van der Waals surface area contributed by atoms with Gasteiger partial charge in [0.25, 0.3) is 0 Å². The number of hydrogen-bond acceptors (Lipinski definition) is 2. The van der Waals surface area contributed by atoms with Crippen LogP contribution in [-0.2, 0) is 0 Å². The molecule has 4 bridgehead atoms. The van der Waals surface area contributed by atoms with Crippen LogP contribution in [0.15, 0.2) is 57.6 Å². The summed E-state index contributed by atoms with van der Waals surface area (Å²) in [6, 6.07) is 10.3. The first-order valence-corrected chi connectivity index (χ1v) is 12.5. The molecule has 3 heterocycles. The lowest BCUT2D eigenvalue weighted by Crippen LogP contribution is -2.59. The van der Waals surface area contributed by atoms with E-state index in [1.54, 1.807) is 4.57 Å². The van der Waals surface area contributed by atoms with Crippen molar-refractivity contribution in [2.24, 2.45) is 28.1 Å². The fraction of sp³-hybridized carbons (Fsp3) is 0.571. The summed E-state index contributed by atoms with van der Waals surface area (Å²) in [4.78, 5) is 28.0. The maximum atomic E-state index is 14.0.